The molecule has 2 aromatic rings. The Hall–Kier alpha value is -3.20. The van der Waals surface area contributed by atoms with Gasteiger partial charge in [0, 0.05) is 55.9 Å². The number of aliphatic hydroxyl groups is 2. The lowest BCUT2D eigenvalue weighted by atomic mass is 10.1. The smallest absolute Gasteiger partial charge is 0.390 e. The molecule has 0 bridgehead atoms. The predicted octanol–water partition coefficient (Wildman–Crippen LogP) is 3.49. The predicted molar refractivity (Wildman–Crippen MR) is 143 cm³/mol. The van der Waals surface area contributed by atoms with Crippen LogP contribution in [0.25, 0.3) is 0 Å². The average molecular weight is 608 g/mol. The number of carbonyl (C=O) groups is 2. The maximum Gasteiger partial charge on any atom is 0.390 e. The van der Waals surface area contributed by atoms with Gasteiger partial charge in [0.1, 0.15) is 0 Å². The van der Waals surface area contributed by atoms with E-state index in [4.69, 9.17) is 16.7 Å². The molecule has 0 unspecified atom stereocenters. The minimum Gasteiger partial charge on any atom is -0.394 e. The van der Waals surface area contributed by atoms with Gasteiger partial charge < -0.3 is 31.1 Å². The van der Waals surface area contributed by atoms with Crippen LogP contribution in [0.5, 0.6) is 0 Å². The molecule has 0 aromatic heterocycles. The van der Waals surface area contributed by atoms with Crippen molar-refractivity contribution in [2.24, 2.45) is 0 Å². The standard InChI is InChI=1S/C26H31ClF5N5O4/c1-15-13-37(9-8-36(15)7-6-26(30,31)32)21-10-17(27)3-5-20(21)35-24(40)19-4-2-16(22(28)23(19)29)11-33-25(41)34-12-18(39)14-38/h2-5,10,15,18,38-39H,6-9,11-14H2,1H3,(H,35,40)(H2,33,34,41)/t15-,18-/m0/s1. The number of urea groups is 1. The fourth-order valence-corrected chi connectivity index (χ4v) is 4.46. The zero-order valence-corrected chi connectivity index (χ0v) is 22.8. The molecule has 1 aliphatic rings. The molecular weight excluding hydrogens is 577 g/mol. The van der Waals surface area contributed by atoms with E-state index >= 15 is 0 Å². The molecule has 0 radical (unpaired) electrons. The van der Waals surface area contributed by atoms with Crippen molar-refractivity contribution in [3.8, 4) is 0 Å². The average Bonchev–Trinajstić information content (AvgIpc) is 2.92. The quantitative estimate of drug-likeness (QED) is 0.264. The molecule has 2 atom stereocenters. The summed E-state index contributed by atoms with van der Waals surface area (Å²) in [7, 11) is 0. The number of halogens is 6. The number of amides is 3. The van der Waals surface area contributed by atoms with Crippen molar-refractivity contribution in [2.45, 2.75) is 38.2 Å². The number of nitrogens with zero attached hydrogens (tertiary/aromatic N) is 2. The van der Waals surface area contributed by atoms with Crippen molar-refractivity contribution in [1.82, 2.24) is 15.5 Å². The molecule has 1 aliphatic heterocycles. The zero-order chi connectivity index (χ0) is 30.3. The van der Waals surface area contributed by atoms with Gasteiger partial charge in [0.2, 0.25) is 0 Å². The molecule has 0 saturated carbocycles. The third-order valence-corrected chi connectivity index (χ3v) is 6.79. The molecule has 1 heterocycles. The molecule has 226 valence electrons. The lowest BCUT2D eigenvalue weighted by molar-refractivity contribution is -0.139. The fraction of sp³-hybridized carbons (Fsp3) is 0.462. The van der Waals surface area contributed by atoms with Gasteiger partial charge in [0.15, 0.2) is 11.6 Å². The second-order valence-electron chi connectivity index (χ2n) is 9.61. The molecule has 5 N–H and O–H groups in total. The highest BCUT2D eigenvalue weighted by atomic mass is 35.5. The van der Waals surface area contributed by atoms with E-state index in [1.807, 2.05) is 4.90 Å². The number of alkyl halides is 3. The number of hydrogen-bond donors (Lipinski definition) is 5. The summed E-state index contributed by atoms with van der Waals surface area (Å²) in [5.74, 6) is -3.72. The number of carbonyl (C=O) groups excluding carboxylic acids is 2. The van der Waals surface area contributed by atoms with Gasteiger partial charge in [0.25, 0.3) is 5.91 Å². The Labute approximate surface area is 238 Å². The molecule has 3 rings (SSSR count). The lowest BCUT2D eigenvalue weighted by Crippen LogP contribution is -2.52. The molecule has 0 aliphatic carbocycles. The van der Waals surface area contributed by atoms with Gasteiger partial charge in [-0.25, -0.2) is 13.6 Å². The normalized spacial score (nSPS) is 16.8. The number of piperazine rings is 1. The third kappa shape index (κ3) is 9.15. The van der Waals surface area contributed by atoms with Crippen LogP contribution in [0.4, 0.5) is 38.1 Å². The Morgan fingerprint density at radius 3 is 2.51 bits per heavy atom. The molecule has 41 heavy (non-hydrogen) atoms. The second kappa shape index (κ2) is 14.1. The van der Waals surface area contributed by atoms with Crippen molar-refractivity contribution in [3.63, 3.8) is 0 Å². The molecule has 0 spiro atoms. The van der Waals surface area contributed by atoms with Gasteiger partial charge in [-0.2, -0.15) is 13.2 Å². The maximum absolute atomic E-state index is 14.9. The Morgan fingerprint density at radius 2 is 1.85 bits per heavy atom. The van der Waals surface area contributed by atoms with Crippen LogP contribution in [0.1, 0.15) is 29.3 Å². The van der Waals surface area contributed by atoms with E-state index in [2.05, 4.69) is 16.0 Å². The van der Waals surface area contributed by atoms with Gasteiger partial charge in [-0.15, -0.1) is 0 Å². The van der Waals surface area contributed by atoms with E-state index in [0.717, 1.165) is 12.1 Å². The SMILES string of the molecule is C[C@H]1CN(c2cc(Cl)ccc2NC(=O)c2ccc(CNC(=O)NC[C@H](O)CO)c(F)c2F)CCN1CCC(F)(F)F. The first-order valence-electron chi connectivity index (χ1n) is 12.7. The van der Waals surface area contributed by atoms with Gasteiger partial charge in [-0.05, 0) is 31.2 Å². The van der Waals surface area contributed by atoms with Crippen LogP contribution in [-0.2, 0) is 6.54 Å². The van der Waals surface area contributed by atoms with E-state index in [1.54, 1.807) is 17.9 Å². The maximum atomic E-state index is 14.9. The van der Waals surface area contributed by atoms with E-state index in [9.17, 15) is 36.6 Å². The lowest BCUT2D eigenvalue weighted by Gasteiger charge is -2.41. The van der Waals surface area contributed by atoms with Crippen LogP contribution < -0.4 is 20.9 Å². The number of nitrogens with one attached hydrogen (secondary N) is 3. The molecule has 1 saturated heterocycles. The van der Waals surface area contributed by atoms with Crippen molar-refractivity contribution in [1.29, 1.82) is 0 Å². The Morgan fingerprint density at radius 1 is 1.12 bits per heavy atom. The molecular formula is C26H31ClF5N5O4. The third-order valence-electron chi connectivity index (χ3n) is 6.55. The van der Waals surface area contributed by atoms with Gasteiger partial charge >= 0.3 is 12.2 Å². The van der Waals surface area contributed by atoms with Gasteiger partial charge in [-0.3, -0.25) is 9.69 Å². The monoisotopic (exact) mass is 607 g/mol. The minimum atomic E-state index is -4.26. The van der Waals surface area contributed by atoms with Crippen LogP contribution in [0.2, 0.25) is 5.02 Å². The summed E-state index contributed by atoms with van der Waals surface area (Å²) in [4.78, 5) is 28.3. The first kappa shape index (κ1) is 32.3. The van der Waals surface area contributed by atoms with Crippen molar-refractivity contribution >= 4 is 34.9 Å². The van der Waals surface area contributed by atoms with Gasteiger partial charge in [-0.1, -0.05) is 17.7 Å². The number of rotatable bonds is 10. The van der Waals surface area contributed by atoms with E-state index in [0.29, 0.717) is 30.3 Å². The summed E-state index contributed by atoms with van der Waals surface area (Å²) in [5, 5.41) is 25.4. The second-order valence-corrected chi connectivity index (χ2v) is 10.0. The van der Waals surface area contributed by atoms with Crippen LogP contribution in [0.15, 0.2) is 30.3 Å². The molecule has 3 amide bonds. The number of anilines is 2. The summed E-state index contributed by atoms with van der Waals surface area (Å²) in [6, 6.07) is 5.75. The van der Waals surface area contributed by atoms with Crippen LogP contribution in [-0.4, -0.2) is 84.7 Å². The van der Waals surface area contributed by atoms with E-state index < -0.39 is 61.0 Å². The van der Waals surface area contributed by atoms with Crippen LogP contribution in [0, 0.1) is 11.6 Å². The fourth-order valence-electron chi connectivity index (χ4n) is 4.29. The van der Waals surface area contributed by atoms with E-state index in [-0.39, 0.29) is 30.4 Å². The van der Waals surface area contributed by atoms with Crippen LogP contribution in [0.3, 0.4) is 0 Å². The summed E-state index contributed by atoms with van der Waals surface area (Å²) < 4.78 is 67.6. The molecule has 1 fully saturated rings. The molecule has 9 nitrogen and oxygen atoms in total. The number of benzene rings is 2. The summed E-state index contributed by atoms with van der Waals surface area (Å²) in [6.07, 6.45) is -6.36. The summed E-state index contributed by atoms with van der Waals surface area (Å²) >= 11 is 6.17. The minimum absolute atomic E-state index is 0.133. The number of aliphatic hydroxyl groups excluding tert-OH is 2. The summed E-state index contributed by atoms with van der Waals surface area (Å²) in [5.41, 5.74) is -0.0932. The topological polar surface area (TPSA) is 117 Å². The highest BCUT2D eigenvalue weighted by Gasteiger charge is 2.31. The Kier molecular flexibility index (Phi) is 11.1. The highest BCUT2D eigenvalue weighted by Crippen LogP contribution is 2.32. The van der Waals surface area contributed by atoms with Gasteiger partial charge in [0.05, 0.1) is 36.1 Å². The highest BCUT2D eigenvalue weighted by molar-refractivity contribution is 6.31. The van der Waals surface area contributed by atoms with Crippen molar-refractivity contribution < 1.29 is 41.8 Å². The van der Waals surface area contributed by atoms with Crippen molar-refractivity contribution in [3.05, 3.63) is 58.1 Å². The van der Waals surface area contributed by atoms with Crippen LogP contribution >= 0.6 is 11.6 Å². The largest absolute Gasteiger partial charge is 0.394 e. The Bertz CT molecular complexity index is 1240. The number of hydrogen-bond acceptors (Lipinski definition) is 6. The van der Waals surface area contributed by atoms with Crippen molar-refractivity contribution in [2.75, 3.05) is 49.5 Å². The molecule has 15 heteroatoms. The van der Waals surface area contributed by atoms with E-state index in [1.165, 1.54) is 12.1 Å². The Balaban J connectivity index is 1.68. The summed E-state index contributed by atoms with van der Waals surface area (Å²) in [6.45, 7) is 1.46. The first-order valence-corrected chi connectivity index (χ1v) is 13.1. The molecule has 2 aromatic carbocycles. The zero-order valence-electron chi connectivity index (χ0n) is 22.1. The first-order chi connectivity index (χ1) is 19.3.